The van der Waals surface area contributed by atoms with Crippen molar-refractivity contribution < 1.29 is 22.1 Å². The summed E-state index contributed by atoms with van der Waals surface area (Å²) < 4.78 is 36.4. The summed E-state index contributed by atoms with van der Waals surface area (Å²) >= 11 is 0. The highest BCUT2D eigenvalue weighted by molar-refractivity contribution is 7.86. The van der Waals surface area contributed by atoms with Gasteiger partial charge >= 0.3 is 10.1 Å². The van der Waals surface area contributed by atoms with Crippen LogP contribution in [0.1, 0.15) is 0 Å². The van der Waals surface area contributed by atoms with E-state index in [2.05, 4.69) is 4.18 Å². The minimum absolute atomic E-state index is 0.190. The van der Waals surface area contributed by atoms with E-state index >= 15 is 0 Å². The van der Waals surface area contributed by atoms with Crippen LogP contribution in [0.4, 0.5) is 0 Å². The van der Waals surface area contributed by atoms with E-state index in [1.807, 2.05) is 0 Å². The van der Waals surface area contributed by atoms with Crippen LogP contribution in [0.3, 0.4) is 0 Å². The third-order valence-corrected chi connectivity index (χ3v) is 2.10. The lowest BCUT2D eigenvalue weighted by molar-refractivity contribution is 0.353. The second-order valence-electron chi connectivity index (χ2n) is 2.80. The summed E-state index contributed by atoms with van der Waals surface area (Å²) in [6.07, 6.45) is 0.976. The third-order valence-electron chi connectivity index (χ3n) is 1.60. The van der Waals surface area contributed by atoms with E-state index in [-0.39, 0.29) is 5.75 Å². The summed E-state index contributed by atoms with van der Waals surface area (Å²) in [5.41, 5.74) is 0. The van der Waals surface area contributed by atoms with Gasteiger partial charge < -0.3 is 13.7 Å². The molecule has 0 saturated carbocycles. The van der Waals surface area contributed by atoms with Gasteiger partial charge in [-0.2, -0.15) is 8.42 Å². The summed E-state index contributed by atoms with van der Waals surface area (Å²) in [5, 5.41) is 0. The largest absolute Gasteiger partial charge is 0.493 e. The minimum Gasteiger partial charge on any atom is -0.493 e. The molecule has 84 valence electrons. The number of hydrogen-bond acceptors (Lipinski definition) is 5. The highest BCUT2D eigenvalue weighted by atomic mass is 32.2. The first-order chi connectivity index (χ1) is 6.96. The van der Waals surface area contributed by atoms with Gasteiger partial charge in [-0.05, 0) is 12.1 Å². The summed E-state index contributed by atoms with van der Waals surface area (Å²) in [4.78, 5) is 0. The van der Waals surface area contributed by atoms with Crippen LogP contribution in [0.15, 0.2) is 18.2 Å². The molecule has 0 aliphatic rings. The minimum atomic E-state index is -3.52. The maximum atomic E-state index is 10.9. The molecule has 0 amide bonds. The molecule has 0 aliphatic heterocycles. The van der Waals surface area contributed by atoms with Crippen molar-refractivity contribution in [3.8, 4) is 17.2 Å². The Kier molecular flexibility index (Phi) is 3.41. The Hall–Kier alpha value is -1.43. The average molecular weight is 232 g/mol. The molecule has 0 atom stereocenters. The summed E-state index contributed by atoms with van der Waals surface area (Å²) in [6, 6.07) is 4.50. The van der Waals surface area contributed by atoms with Gasteiger partial charge in [0.1, 0.15) is 5.75 Å². The lowest BCUT2D eigenvalue weighted by Gasteiger charge is -2.09. The van der Waals surface area contributed by atoms with Crippen molar-refractivity contribution in [1.82, 2.24) is 0 Å². The van der Waals surface area contributed by atoms with Gasteiger partial charge in [-0.3, -0.25) is 0 Å². The number of rotatable bonds is 4. The molecule has 1 aromatic carbocycles. The first-order valence-electron chi connectivity index (χ1n) is 4.08. The molecule has 0 N–H and O–H groups in total. The van der Waals surface area contributed by atoms with Gasteiger partial charge in [0, 0.05) is 6.07 Å². The molecule has 0 fully saturated rings. The fourth-order valence-electron chi connectivity index (χ4n) is 1.04. The molecule has 0 bridgehead atoms. The highest BCUT2D eigenvalue weighted by Gasteiger charge is 2.09. The van der Waals surface area contributed by atoms with E-state index in [9.17, 15) is 8.42 Å². The van der Waals surface area contributed by atoms with Crippen LogP contribution >= 0.6 is 0 Å². The molecule has 1 rings (SSSR count). The van der Waals surface area contributed by atoms with E-state index in [1.54, 1.807) is 6.07 Å². The summed E-state index contributed by atoms with van der Waals surface area (Å²) in [7, 11) is -0.563. The zero-order chi connectivity index (χ0) is 11.5. The Balaban J connectivity index is 3.03. The number of ether oxygens (including phenoxy) is 2. The fraction of sp³-hybridized carbons (Fsp3) is 0.333. The molecule has 0 spiro atoms. The van der Waals surface area contributed by atoms with Gasteiger partial charge in [-0.1, -0.05) is 0 Å². The van der Waals surface area contributed by atoms with Crippen LogP contribution in [-0.4, -0.2) is 28.9 Å². The van der Waals surface area contributed by atoms with Crippen molar-refractivity contribution in [2.24, 2.45) is 0 Å². The van der Waals surface area contributed by atoms with Gasteiger partial charge in [-0.15, -0.1) is 0 Å². The second kappa shape index (κ2) is 4.39. The third kappa shape index (κ3) is 3.32. The zero-order valence-corrected chi connectivity index (χ0v) is 9.50. The molecule has 5 nitrogen and oxygen atoms in total. The first-order valence-corrected chi connectivity index (χ1v) is 5.89. The van der Waals surface area contributed by atoms with Crippen molar-refractivity contribution in [3.05, 3.63) is 18.2 Å². The van der Waals surface area contributed by atoms with E-state index in [0.717, 1.165) is 6.26 Å². The summed E-state index contributed by atoms with van der Waals surface area (Å²) in [6.45, 7) is 0. The van der Waals surface area contributed by atoms with Crippen LogP contribution in [0.25, 0.3) is 0 Å². The number of benzene rings is 1. The molecule has 1 aromatic rings. The molecule has 0 unspecified atom stereocenters. The van der Waals surface area contributed by atoms with Gasteiger partial charge in [-0.25, -0.2) is 0 Å². The quantitative estimate of drug-likeness (QED) is 0.726. The van der Waals surface area contributed by atoms with Gasteiger partial charge in [0.25, 0.3) is 0 Å². The Morgan fingerprint density at radius 3 is 2.13 bits per heavy atom. The molecule has 15 heavy (non-hydrogen) atoms. The van der Waals surface area contributed by atoms with Crippen molar-refractivity contribution in [3.63, 3.8) is 0 Å². The van der Waals surface area contributed by atoms with Crippen LogP contribution in [-0.2, 0) is 10.1 Å². The second-order valence-corrected chi connectivity index (χ2v) is 4.38. The van der Waals surface area contributed by atoms with Gasteiger partial charge in [0.05, 0.1) is 20.5 Å². The number of methoxy groups -OCH3 is 2. The Labute approximate surface area is 88.7 Å². The molecule has 0 radical (unpaired) electrons. The monoisotopic (exact) mass is 232 g/mol. The normalized spacial score (nSPS) is 10.9. The van der Waals surface area contributed by atoms with Crippen molar-refractivity contribution in [1.29, 1.82) is 0 Å². The predicted octanol–water partition coefficient (Wildman–Crippen LogP) is 1.04. The summed E-state index contributed by atoms with van der Waals surface area (Å²) in [5.74, 6) is 1.12. The van der Waals surface area contributed by atoms with Crippen LogP contribution < -0.4 is 13.7 Å². The van der Waals surface area contributed by atoms with Crippen molar-refractivity contribution in [2.75, 3.05) is 20.5 Å². The topological polar surface area (TPSA) is 61.8 Å². The SMILES string of the molecule is COc1ccc(OS(C)(=O)=O)cc1OC. The zero-order valence-electron chi connectivity index (χ0n) is 8.68. The maximum absolute atomic E-state index is 10.9. The lowest BCUT2D eigenvalue weighted by atomic mass is 10.3. The van der Waals surface area contributed by atoms with Crippen LogP contribution in [0, 0.1) is 0 Å². The van der Waals surface area contributed by atoms with E-state index in [1.165, 1.54) is 26.4 Å². The van der Waals surface area contributed by atoms with Crippen molar-refractivity contribution >= 4 is 10.1 Å². The average Bonchev–Trinajstić information content (AvgIpc) is 2.15. The van der Waals surface area contributed by atoms with E-state index < -0.39 is 10.1 Å². The molecule has 0 aliphatic carbocycles. The van der Waals surface area contributed by atoms with E-state index in [4.69, 9.17) is 9.47 Å². The highest BCUT2D eigenvalue weighted by Crippen LogP contribution is 2.31. The molecule has 0 saturated heterocycles. The standard InChI is InChI=1S/C9H12O5S/c1-12-8-5-4-7(6-9(8)13-2)14-15(3,10)11/h4-6H,1-3H3. The Morgan fingerprint density at radius 2 is 1.67 bits per heavy atom. The smallest absolute Gasteiger partial charge is 0.306 e. The molecule has 0 heterocycles. The fourth-order valence-corrected chi connectivity index (χ4v) is 1.50. The Morgan fingerprint density at radius 1 is 1.07 bits per heavy atom. The number of hydrogen-bond donors (Lipinski definition) is 0. The van der Waals surface area contributed by atoms with E-state index in [0.29, 0.717) is 11.5 Å². The Bertz CT molecular complexity index is 438. The molecule has 0 aromatic heterocycles. The first kappa shape index (κ1) is 11.6. The molecular weight excluding hydrogens is 220 g/mol. The maximum Gasteiger partial charge on any atom is 0.306 e. The van der Waals surface area contributed by atoms with Crippen LogP contribution in [0.2, 0.25) is 0 Å². The van der Waals surface area contributed by atoms with Crippen LogP contribution in [0.5, 0.6) is 17.2 Å². The molecule has 6 heteroatoms. The van der Waals surface area contributed by atoms with Crippen molar-refractivity contribution in [2.45, 2.75) is 0 Å². The lowest BCUT2D eigenvalue weighted by Crippen LogP contribution is -2.05. The van der Waals surface area contributed by atoms with Gasteiger partial charge in [0.2, 0.25) is 0 Å². The van der Waals surface area contributed by atoms with Gasteiger partial charge in [0.15, 0.2) is 11.5 Å². The predicted molar refractivity (Wildman–Crippen MR) is 55.0 cm³/mol. The molecular formula is C9H12O5S.